The summed E-state index contributed by atoms with van der Waals surface area (Å²) in [5.41, 5.74) is -2.14. The zero-order valence-electron chi connectivity index (χ0n) is 6.58. The van der Waals surface area contributed by atoms with Crippen LogP contribution in [-0.2, 0) is 6.18 Å². The molecule has 0 fully saturated rings. The lowest BCUT2D eigenvalue weighted by Crippen LogP contribution is -2.06. The second-order valence-corrected chi connectivity index (χ2v) is 2.34. The van der Waals surface area contributed by atoms with E-state index in [-0.39, 0.29) is 6.29 Å². The van der Waals surface area contributed by atoms with Crippen LogP contribution in [-0.4, -0.2) is 11.3 Å². The minimum Gasteiger partial charge on any atom is -0.296 e. The van der Waals surface area contributed by atoms with E-state index in [1.807, 2.05) is 0 Å². The highest BCUT2D eigenvalue weighted by molar-refractivity contribution is 5.79. The maximum atomic E-state index is 12.1. The fourth-order valence-corrected chi connectivity index (χ4v) is 0.783. The lowest BCUT2D eigenvalue weighted by atomic mass is 10.2. The number of aromatic nitrogens is 1. The molecule has 0 saturated heterocycles. The summed E-state index contributed by atoms with van der Waals surface area (Å²) in [6.07, 6.45) is -3.97. The molecule has 0 spiro atoms. The third kappa shape index (κ3) is 1.93. The maximum Gasteiger partial charge on any atom is 0.417 e. The van der Waals surface area contributed by atoms with Crippen LogP contribution in [0.3, 0.4) is 0 Å². The minimum atomic E-state index is -4.60. The van der Waals surface area contributed by atoms with E-state index in [2.05, 4.69) is 10.2 Å². The molecule has 0 saturated carbocycles. The smallest absolute Gasteiger partial charge is 0.296 e. The van der Waals surface area contributed by atoms with E-state index in [4.69, 9.17) is 0 Å². The van der Waals surface area contributed by atoms with Crippen molar-refractivity contribution in [1.82, 2.24) is 4.98 Å². The molecule has 14 heavy (non-hydrogen) atoms. The lowest BCUT2D eigenvalue weighted by molar-refractivity contribution is -0.137. The zero-order valence-corrected chi connectivity index (χ0v) is 6.58. The first kappa shape index (κ1) is 10.3. The summed E-state index contributed by atoms with van der Waals surface area (Å²) in [6.45, 7) is 0. The molecule has 0 amide bonds. The number of halogens is 3. The summed E-state index contributed by atoms with van der Waals surface area (Å²) >= 11 is 0. The van der Waals surface area contributed by atoms with Crippen molar-refractivity contribution in [3.63, 3.8) is 0 Å². The fourth-order valence-electron chi connectivity index (χ4n) is 0.783. The number of rotatable bonds is 2. The number of nitrogens with zero attached hydrogens (tertiary/aromatic N) is 2. The first-order valence-corrected chi connectivity index (χ1v) is 3.35. The topological polar surface area (TPSA) is 59.4 Å². The number of pyridine rings is 1. The van der Waals surface area contributed by atoms with Crippen LogP contribution in [0.5, 0.6) is 0 Å². The molecule has 0 aliphatic heterocycles. The quantitative estimate of drug-likeness (QED) is 0.548. The average molecular weight is 204 g/mol. The molecule has 1 aromatic heterocycles. The first-order valence-electron chi connectivity index (χ1n) is 3.35. The molecule has 7 heteroatoms. The summed E-state index contributed by atoms with van der Waals surface area (Å²) in [6, 6.07) is 0.476. The van der Waals surface area contributed by atoms with Crippen molar-refractivity contribution in [1.29, 1.82) is 0 Å². The highest BCUT2D eigenvalue weighted by atomic mass is 19.4. The number of hydrogen-bond donors (Lipinski definition) is 0. The molecule has 0 N–H and O–H groups in total. The van der Waals surface area contributed by atoms with Gasteiger partial charge in [0.05, 0.1) is 5.56 Å². The summed E-state index contributed by atoms with van der Waals surface area (Å²) in [4.78, 5) is 23.4. The van der Waals surface area contributed by atoms with Gasteiger partial charge in [-0.2, -0.15) is 13.2 Å². The molecule has 0 atom stereocenters. The third-order valence-electron chi connectivity index (χ3n) is 1.43. The Labute approximate surface area is 75.7 Å². The molecule has 1 aromatic rings. The van der Waals surface area contributed by atoms with E-state index in [0.717, 1.165) is 0 Å². The van der Waals surface area contributed by atoms with Gasteiger partial charge in [0.1, 0.15) is 11.4 Å². The number of hydrogen-bond acceptors (Lipinski definition) is 4. The van der Waals surface area contributed by atoms with Gasteiger partial charge in [-0.25, -0.2) is 0 Å². The van der Waals surface area contributed by atoms with E-state index in [1.165, 1.54) is 0 Å². The van der Waals surface area contributed by atoms with Crippen molar-refractivity contribution >= 4 is 12.0 Å². The Morgan fingerprint density at radius 3 is 2.50 bits per heavy atom. The van der Waals surface area contributed by atoms with Gasteiger partial charge in [-0.3, -0.25) is 9.78 Å². The lowest BCUT2D eigenvalue weighted by Gasteiger charge is -2.05. The van der Waals surface area contributed by atoms with E-state index in [0.29, 0.717) is 12.3 Å². The van der Waals surface area contributed by atoms with Crippen LogP contribution in [0, 0.1) is 4.91 Å². The number of carbonyl (C=O) groups is 1. The number of nitroso groups, excluding NO2 is 1. The normalized spacial score (nSPS) is 11.1. The number of alkyl halides is 3. The van der Waals surface area contributed by atoms with Crippen LogP contribution < -0.4 is 0 Å². The molecular weight excluding hydrogens is 201 g/mol. The van der Waals surface area contributed by atoms with Gasteiger partial charge in [-0.05, 0) is 11.2 Å². The van der Waals surface area contributed by atoms with Crippen molar-refractivity contribution in [2.75, 3.05) is 0 Å². The molecule has 0 aliphatic rings. The van der Waals surface area contributed by atoms with Crippen molar-refractivity contribution in [3.8, 4) is 0 Å². The molecule has 0 aliphatic carbocycles. The van der Waals surface area contributed by atoms with Gasteiger partial charge in [-0.1, -0.05) is 0 Å². The van der Waals surface area contributed by atoms with Crippen LogP contribution in [0.2, 0.25) is 0 Å². The van der Waals surface area contributed by atoms with Gasteiger partial charge in [-0.15, -0.1) is 4.91 Å². The fraction of sp³-hybridized carbons (Fsp3) is 0.143. The number of aldehydes is 1. The Morgan fingerprint density at radius 2 is 2.07 bits per heavy atom. The summed E-state index contributed by atoms with van der Waals surface area (Å²) in [7, 11) is 0. The second-order valence-electron chi connectivity index (χ2n) is 2.34. The Kier molecular flexibility index (Phi) is 2.59. The van der Waals surface area contributed by atoms with Crippen LogP contribution in [0.1, 0.15) is 16.1 Å². The Hall–Kier alpha value is -1.79. The van der Waals surface area contributed by atoms with Crippen LogP contribution >= 0.6 is 0 Å². The SMILES string of the molecule is O=Cc1ncc(C(F)(F)F)cc1N=O. The Bertz CT molecular complexity index is 376. The molecule has 74 valence electrons. The van der Waals surface area contributed by atoms with Crippen LogP contribution in [0.25, 0.3) is 0 Å². The van der Waals surface area contributed by atoms with Crippen molar-refractivity contribution in [3.05, 3.63) is 28.4 Å². The van der Waals surface area contributed by atoms with Crippen LogP contribution in [0.4, 0.5) is 18.9 Å². The highest BCUT2D eigenvalue weighted by Crippen LogP contribution is 2.31. The summed E-state index contributed by atoms with van der Waals surface area (Å²) < 4.78 is 36.2. The molecule has 4 nitrogen and oxygen atoms in total. The van der Waals surface area contributed by atoms with Crippen molar-refractivity contribution in [2.45, 2.75) is 6.18 Å². The minimum absolute atomic E-state index is 0.164. The molecule has 0 unspecified atom stereocenters. The van der Waals surface area contributed by atoms with E-state index in [9.17, 15) is 22.9 Å². The van der Waals surface area contributed by atoms with Gasteiger partial charge >= 0.3 is 6.18 Å². The molecule has 0 radical (unpaired) electrons. The van der Waals surface area contributed by atoms with Gasteiger partial charge in [0.25, 0.3) is 0 Å². The maximum absolute atomic E-state index is 12.1. The van der Waals surface area contributed by atoms with E-state index in [1.54, 1.807) is 0 Å². The molecule has 0 bridgehead atoms. The standard InChI is InChI=1S/C7H3F3N2O2/c8-7(9,10)4-1-5(12-14)6(3-13)11-2-4/h1-3H. The van der Waals surface area contributed by atoms with Gasteiger partial charge < -0.3 is 0 Å². The third-order valence-corrected chi connectivity index (χ3v) is 1.43. The number of carbonyl (C=O) groups excluding carboxylic acids is 1. The van der Waals surface area contributed by atoms with Gasteiger partial charge in [0, 0.05) is 6.20 Å². The monoisotopic (exact) mass is 204 g/mol. The molecule has 1 rings (SSSR count). The largest absolute Gasteiger partial charge is 0.417 e. The first-order chi connectivity index (χ1) is 6.49. The van der Waals surface area contributed by atoms with Crippen molar-refractivity contribution < 1.29 is 18.0 Å². The molecular formula is C7H3F3N2O2. The Balaban J connectivity index is 3.27. The van der Waals surface area contributed by atoms with Gasteiger partial charge in [0.2, 0.25) is 0 Å². The summed E-state index contributed by atoms with van der Waals surface area (Å²) in [5, 5.41) is 2.27. The predicted octanol–water partition coefficient (Wildman–Crippen LogP) is 2.31. The zero-order chi connectivity index (χ0) is 10.8. The second kappa shape index (κ2) is 3.52. The highest BCUT2D eigenvalue weighted by Gasteiger charge is 2.31. The van der Waals surface area contributed by atoms with Crippen molar-refractivity contribution in [2.24, 2.45) is 5.18 Å². The van der Waals surface area contributed by atoms with Gasteiger partial charge in [0.15, 0.2) is 6.29 Å². The predicted molar refractivity (Wildman–Crippen MR) is 40.1 cm³/mol. The Morgan fingerprint density at radius 1 is 1.43 bits per heavy atom. The molecule has 0 aromatic carbocycles. The molecule has 1 heterocycles. The van der Waals surface area contributed by atoms with E-state index < -0.39 is 23.1 Å². The summed E-state index contributed by atoms with van der Waals surface area (Å²) in [5.74, 6) is 0. The van der Waals surface area contributed by atoms with E-state index >= 15 is 0 Å². The average Bonchev–Trinajstić information content (AvgIpc) is 2.15. The van der Waals surface area contributed by atoms with Crippen LogP contribution in [0.15, 0.2) is 17.4 Å².